The second-order valence-corrected chi connectivity index (χ2v) is 5.08. The van der Waals surface area contributed by atoms with Crippen molar-refractivity contribution in [2.24, 2.45) is 0 Å². The van der Waals surface area contributed by atoms with Crippen LogP contribution in [-0.4, -0.2) is 13.0 Å². The van der Waals surface area contributed by atoms with Crippen molar-refractivity contribution in [3.63, 3.8) is 0 Å². The Morgan fingerprint density at radius 2 is 1.91 bits per heavy atom. The molecule has 0 saturated carbocycles. The second-order valence-electron chi connectivity index (χ2n) is 5.08. The van der Waals surface area contributed by atoms with Crippen LogP contribution in [0.3, 0.4) is 0 Å². The van der Waals surface area contributed by atoms with Gasteiger partial charge in [-0.2, -0.15) is 0 Å². The molecular formula is C18H15NO4. The fourth-order valence-electron chi connectivity index (χ4n) is 2.43. The van der Waals surface area contributed by atoms with E-state index >= 15 is 0 Å². The second kappa shape index (κ2) is 5.96. The van der Waals surface area contributed by atoms with E-state index in [1.165, 1.54) is 14.0 Å². The fourth-order valence-corrected chi connectivity index (χ4v) is 2.43. The number of carbonyl (C=O) groups is 1. The Hall–Kier alpha value is -3.08. The molecular weight excluding hydrogens is 294 g/mol. The molecule has 1 aromatic heterocycles. The van der Waals surface area contributed by atoms with E-state index in [0.717, 1.165) is 5.39 Å². The third-order valence-corrected chi connectivity index (χ3v) is 3.46. The molecule has 0 bridgehead atoms. The number of amides is 1. The minimum absolute atomic E-state index is 0.217. The fraction of sp³-hybridized carbons (Fsp3) is 0.111. The van der Waals surface area contributed by atoms with Gasteiger partial charge in [-0.15, -0.1) is 0 Å². The van der Waals surface area contributed by atoms with Crippen molar-refractivity contribution in [1.82, 2.24) is 0 Å². The molecule has 2 aromatic carbocycles. The minimum Gasteiger partial charge on any atom is -0.495 e. The number of ether oxygens (including phenoxy) is 1. The summed E-state index contributed by atoms with van der Waals surface area (Å²) >= 11 is 0. The van der Waals surface area contributed by atoms with Crippen LogP contribution in [0.2, 0.25) is 0 Å². The first kappa shape index (κ1) is 14.8. The maximum Gasteiger partial charge on any atom is 0.344 e. The van der Waals surface area contributed by atoms with Gasteiger partial charge in [0.1, 0.15) is 11.3 Å². The van der Waals surface area contributed by atoms with Crippen molar-refractivity contribution in [3.8, 4) is 16.9 Å². The first-order chi connectivity index (χ1) is 11.1. The number of fused-ring (bicyclic) bond motifs is 1. The Kier molecular flexibility index (Phi) is 3.85. The summed E-state index contributed by atoms with van der Waals surface area (Å²) in [5.41, 5.74) is 1.69. The molecule has 0 atom stereocenters. The van der Waals surface area contributed by atoms with E-state index in [-0.39, 0.29) is 5.91 Å². The number of hydrogen-bond acceptors (Lipinski definition) is 4. The van der Waals surface area contributed by atoms with Gasteiger partial charge in [0.05, 0.1) is 18.4 Å². The molecule has 1 N–H and O–H groups in total. The first-order valence-electron chi connectivity index (χ1n) is 7.07. The normalized spacial score (nSPS) is 10.5. The standard InChI is InChI=1S/C18H15NO4/c1-11(20)19-15-10-12(7-8-17(15)22-2)14-9-13-5-3-4-6-16(13)23-18(14)21/h3-10H,1-2H3,(H,19,20). The quantitative estimate of drug-likeness (QED) is 0.753. The number of carbonyl (C=O) groups excluding carboxylic acids is 1. The van der Waals surface area contributed by atoms with Crippen molar-refractivity contribution in [2.75, 3.05) is 12.4 Å². The molecule has 0 aliphatic rings. The Balaban J connectivity index is 2.16. The molecule has 23 heavy (non-hydrogen) atoms. The smallest absolute Gasteiger partial charge is 0.344 e. The van der Waals surface area contributed by atoms with Gasteiger partial charge >= 0.3 is 5.63 Å². The largest absolute Gasteiger partial charge is 0.495 e. The number of para-hydroxylation sites is 1. The molecule has 1 heterocycles. The molecule has 0 fully saturated rings. The lowest BCUT2D eigenvalue weighted by molar-refractivity contribution is -0.114. The van der Waals surface area contributed by atoms with Crippen LogP contribution < -0.4 is 15.7 Å². The molecule has 1 amide bonds. The minimum atomic E-state index is -0.428. The SMILES string of the molecule is COc1ccc(-c2cc3ccccc3oc2=O)cc1NC(C)=O. The Bertz CT molecular complexity index is 943. The highest BCUT2D eigenvalue weighted by Crippen LogP contribution is 2.30. The molecule has 5 heteroatoms. The number of hydrogen-bond donors (Lipinski definition) is 1. The lowest BCUT2D eigenvalue weighted by atomic mass is 10.0. The highest BCUT2D eigenvalue weighted by molar-refractivity contribution is 5.92. The van der Waals surface area contributed by atoms with Crippen LogP contribution in [0.15, 0.2) is 57.7 Å². The zero-order valence-corrected chi connectivity index (χ0v) is 12.8. The summed E-state index contributed by atoms with van der Waals surface area (Å²) in [6.07, 6.45) is 0. The molecule has 0 aliphatic carbocycles. The van der Waals surface area contributed by atoms with Gasteiger partial charge in [0.25, 0.3) is 0 Å². The molecule has 0 unspecified atom stereocenters. The summed E-state index contributed by atoms with van der Waals surface area (Å²) in [6, 6.07) is 14.2. The molecule has 3 aromatic rings. The highest BCUT2D eigenvalue weighted by atomic mass is 16.5. The molecule has 0 saturated heterocycles. The Morgan fingerprint density at radius 3 is 2.65 bits per heavy atom. The summed E-state index contributed by atoms with van der Waals surface area (Å²) in [5.74, 6) is 0.306. The lowest BCUT2D eigenvalue weighted by Crippen LogP contribution is -2.08. The topological polar surface area (TPSA) is 68.5 Å². The number of rotatable bonds is 3. The average Bonchev–Trinajstić information content (AvgIpc) is 2.53. The van der Waals surface area contributed by atoms with Crippen LogP contribution in [0, 0.1) is 0 Å². The zero-order valence-electron chi connectivity index (χ0n) is 12.8. The van der Waals surface area contributed by atoms with Crippen LogP contribution >= 0.6 is 0 Å². The lowest BCUT2D eigenvalue weighted by Gasteiger charge is -2.11. The summed E-state index contributed by atoms with van der Waals surface area (Å²) in [6.45, 7) is 1.41. The molecule has 116 valence electrons. The van der Waals surface area contributed by atoms with Crippen molar-refractivity contribution in [3.05, 3.63) is 59.0 Å². The van der Waals surface area contributed by atoms with E-state index in [9.17, 15) is 9.59 Å². The number of methoxy groups -OCH3 is 1. The van der Waals surface area contributed by atoms with E-state index in [2.05, 4.69) is 5.32 Å². The van der Waals surface area contributed by atoms with Crippen LogP contribution in [0.1, 0.15) is 6.92 Å². The van der Waals surface area contributed by atoms with Gasteiger partial charge in [0, 0.05) is 12.3 Å². The number of anilines is 1. The van der Waals surface area contributed by atoms with Crippen molar-refractivity contribution in [2.45, 2.75) is 6.92 Å². The maximum absolute atomic E-state index is 12.2. The van der Waals surface area contributed by atoms with Crippen molar-refractivity contribution in [1.29, 1.82) is 0 Å². The highest BCUT2D eigenvalue weighted by Gasteiger charge is 2.11. The van der Waals surface area contributed by atoms with E-state index in [0.29, 0.717) is 28.1 Å². The van der Waals surface area contributed by atoms with E-state index in [1.54, 1.807) is 30.3 Å². The van der Waals surface area contributed by atoms with Crippen molar-refractivity contribution >= 4 is 22.6 Å². The predicted molar refractivity (Wildman–Crippen MR) is 88.8 cm³/mol. The van der Waals surface area contributed by atoms with Gasteiger partial charge in [-0.3, -0.25) is 4.79 Å². The van der Waals surface area contributed by atoms with E-state index in [4.69, 9.17) is 9.15 Å². The van der Waals surface area contributed by atoms with Gasteiger partial charge in [-0.05, 0) is 29.8 Å². The molecule has 0 radical (unpaired) electrons. The zero-order chi connectivity index (χ0) is 16.4. The summed E-state index contributed by atoms with van der Waals surface area (Å²) in [4.78, 5) is 23.6. The third kappa shape index (κ3) is 2.94. The van der Waals surface area contributed by atoms with E-state index < -0.39 is 5.63 Å². The summed E-state index contributed by atoms with van der Waals surface area (Å²) < 4.78 is 10.6. The first-order valence-corrected chi connectivity index (χ1v) is 7.07. The molecule has 3 rings (SSSR count). The van der Waals surface area contributed by atoms with Gasteiger partial charge in [-0.25, -0.2) is 4.79 Å². The van der Waals surface area contributed by atoms with Gasteiger partial charge in [0.2, 0.25) is 5.91 Å². The third-order valence-electron chi connectivity index (χ3n) is 3.46. The average molecular weight is 309 g/mol. The van der Waals surface area contributed by atoms with E-state index in [1.807, 2.05) is 18.2 Å². The van der Waals surface area contributed by atoms with Crippen LogP contribution in [0.25, 0.3) is 22.1 Å². The molecule has 0 spiro atoms. The number of nitrogens with one attached hydrogen (secondary N) is 1. The summed E-state index contributed by atoms with van der Waals surface area (Å²) in [7, 11) is 1.52. The Morgan fingerprint density at radius 1 is 1.13 bits per heavy atom. The predicted octanol–water partition coefficient (Wildman–Crippen LogP) is 3.43. The molecule has 5 nitrogen and oxygen atoms in total. The van der Waals surface area contributed by atoms with Crippen LogP contribution in [-0.2, 0) is 4.79 Å². The monoisotopic (exact) mass is 309 g/mol. The number of benzene rings is 2. The molecule has 0 aliphatic heterocycles. The van der Waals surface area contributed by atoms with Crippen LogP contribution in [0.4, 0.5) is 5.69 Å². The van der Waals surface area contributed by atoms with Gasteiger partial charge in [-0.1, -0.05) is 24.3 Å². The Labute approximate surface area is 132 Å². The maximum atomic E-state index is 12.2. The summed E-state index contributed by atoms with van der Waals surface area (Å²) in [5, 5.41) is 3.53. The van der Waals surface area contributed by atoms with Gasteiger partial charge < -0.3 is 14.5 Å². The van der Waals surface area contributed by atoms with Gasteiger partial charge in [0.15, 0.2) is 0 Å². The van der Waals surface area contributed by atoms with Crippen LogP contribution in [0.5, 0.6) is 5.75 Å². The van der Waals surface area contributed by atoms with Crippen molar-refractivity contribution < 1.29 is 13.9 Å².